The molecular formula is C25H23F3N4O2S. The van der Waals surface area contributed by atoms with E-state index in [1.54, 1.807) is 21.1 Å². The van der Waals surface area contributed by atoms with E-state index in [1.807, 2.05) is 0 Å². The van der Waals surface area contributed by atoms with Gasteiger partial charge in [-0.1, -0.05) is 24.3 Å². The maximum absolute atomic E-state index is 12.9. The van der Waals surface area contributed by atoms with Gasteiger partial charge in [0.15, 0.2) is 0 Å². The van der Waals surface area contributed by atoms with Crippen molar-refractivity contribution >= 4 is 44.6 Å². The third-order valence-electron chi connectivity index (χ3n) is 6.40. The number of amides is 2. The van der Waals surface area contributed by atoms with Gasteiger partial charge in [0.2, 0.25) is 11.8 Å². The molecule has 3 aromatic rings. The number of halogens is 3. The number of nitrogens with zero attached hydrogens (tertiary/aromatic N) is 4. The predicted octanol–water partition coefficient (Wildman–Crippen LogP) is 4.28. The number of fused-ring (bicyclic) bond motifs is 1. The lowest BCUT2D eigenvalue weighted by Crippen LogP contribution is -2.53. The van der Waals surface area contributed by atoms with Crippen molar-refractivity contribution in [2.24, 2.45) is 0 Å². The molecule has 35 heavy (non-hydrogen) atoms. The first-order valence-electron chi connectivity index (χ1n) is 11.3. The van der Waals surface area contributed by atoms with Crippen molar-refractivity contribution in [3.05, 3.63) is 65.2 Å². The van der Waals surface area contributed by atoms with E-state index in [0.29, 0.717) is 19.6 Å². The Balaban J connectivity index is 1.17. The van der Waals surface area contributed by atoms with Crippen LogP contribution in [0.4, 0.5) is 19.0 Å². The lowest BCUT2D eigenvalue weighted by atomic mass is 9.98. The Hall–Kier alpha value is -3.24. The van der Waals surface area contributed by atoms with Crippen LogP contribution in [-0.2, 0) is 15.8 Å². The molecule has 0 radical (unpaired) electrons. The molecule has 0 saturated carbocycles. The fourth-order valence-electron chi connectivity index (χ4n) is 4.49. The van der Waals surface area contributed by atoms with Crippen LogP contribution in [-0.4, -0.2) is 65.9 Å². The molecule has 5 rings (SSSR count). The zero-order chi connectivity index (χ0) is 24.6. The highest BCUT2D eigenvalue weighted by Crippen LogP contribution is 2.33. The van der Waals surface area contributed by atoms with E-state index in [1.165, 1.54) is 32.2 Å². The standard InChI is InChI=1S/C25H23F3N4O2S/c26-25(27,28)19-4-5-21(29-14-19)32-12-11-30(16-23(32)34)15-22(33)31-9-6-17(7-10-31)20-3-1-2-18-8-13-35-24(18)20/h1-6,8,13-14H,7,9-12,15-16H2. The molecule has 1 aromatic carbocycles. The number of piperazine rings is 1. The summed E-state index contributed by atoms with van der Waals surface area (Å²) in [5.41, 5.74) is 1.61. The normalized spacial score (nSPS) is 17.7. The van der Waals surface area contributed by atoms with Gasteiger partial charge in [0.25, 0.3) is 0 Å². The monoisotopic (exact) mass is 500 g/mol. The van der Waals surface area contributed by atoms with Crippen LogP contribution in [0.1, 0.15) is 17.5 Å². The maximum atomic E-state index is 12.9. The van der Waals surface area contributed by atoms with Crippen LogP contribution in [0.3, 0.4) is 0 Å². The van der Waals surface area contributed by atoms with Crippen molar-refractivity contribution < 1.29 is 22.8 Å². The van der Waals surface area contributed by atoms with Crippen molar-refractivity contribution in [3.8, 4) is 0 Å². The summed E-state index contributed by atoms with van der Waals surface area (Å²) < 4.78 is 39.5. The number of hydrogen-bond acceptors (Lipinski definition) is 5. The molecule has 0 aliphatic carbocycles. The number of carbonyl (C=O) groups is 2. The summed E-state index contributed by atoms with van der Waals surface area (Å²) in [5.74, 6) is -0.145. The van der Waals surface area contributed by atoms with Gasteiger partial charge < -0.3 is 4.90 Å². The van der Waals surface area contributed by atoms with Crippen LogP contribution in [0.5, 0.6) is 0 Å². The molecule has 0 spiro atoms. The van der Waals surface area contributed by atoms with Gasteiger partial charge in [-0.3, -0.25) is 19.4 Å². The van der Waals surface area contributed by atoms with Gasteiger partial charge in [0.1, 0.15) is 5.82 Å². The third kappa shape index (κ3) is 4.94. The molecule has 2 amide bonds. The minimum Gasteiger partial charge on any atom is -0.338 e. The minimum absolute atomic E-state index is 0.0176. The van der Waals surface area contributed by atoms with Gasteiger partial charge in [0, 0.05) is 37.1 Å². The molecule has 182 valence electrons. The molecule has 10 heteroatoms. The van der Waals surface area contributed by atoms with Crippen LogP contribution in [0, 0.1) is 0 Å². The van der Waals surface area contributed by atoms with Crippen molar-refractivity contribution in [1.82, 2.24) is 14.8 Å². The maximum Gasteiger partial charge on any atom is 0.417 e. The summed E-state index contributed by atoms with van der Waals surface area (Å²) in [6.07, 6.45) is -0.865. The quantitative estimate of drug-likeness (QED) is 0.537. The van der Waals surface area contributed by atoms with Crippen molar-refractivity contribution in [3.63, 3.8) is 0 Å². The molecule has 0 atom stereocenters. The fraction of sp³-hybridized carbons (Fsp3) is 0.320. The number of carbonyl (C=O) groups excluding carboxylic acids is 2. The zero-order valence-electron chi connectivity index (χ0n) is 18.8. The number of thiophene rings is 1. The van der Waals surface area contributed by atoms with Gasteiger partial charge >= 0.3 is 6.18 Å². The highest BCUT2D eigenvalue weighted by atomic mass is 32.1. The average Bonchev–Trinajstić information content (AvgIpc) is 3.33. The van der Waals surface area contributed by atoms with Gasteiger partial charge in [0.05, 0.1) is 18.7 Å². The molecule has 1 saturated heterocycles. The van der Waals surface area contributed by atoms with Crippen molar-refractivity contribution in [1.29, 1.82) is 0 Å². The molecule has 0 bridgehead atoms. The SMILES string of the molecule is O=C(CN1CCN(c2ccc(C(F)(F)F)cn2)C(=O)C1)N1CC=C(c2cccc3ccsc23)CC1. The van der Waals surface area contributed by atoms with Crippen molar-refractivity contribution in [2.45, 2.75) is 12.6 Å². The first kappa shape index (κ1) is 23.5. The molecule has 0 N–H and O–H groups in total. The molecule has 2 aliphatic heterocycles. The molecule has 2 aliphatic rings. The second-order valence-corrected chi connectivity index (χ2v) is 9.54. The number of anilines is 1. The second-order valence-electron chi connectivity index (χ2n) is 8.62. The van der Waals surface area contributed by atoms with Gasteiger partial charge in [-0.05, 0) is 46.5 Å². The topological polar surface area (TPSA) is 56.8 Å². The Morgan fingerprint density at radius 1 is 1.09 bits per heavy atom. The van der Waals surface area contributed by atoms with E-state index in [9.17, 15) is 22.8 Å². The van der Waals surface area contributed by atoms with Crippen LogP contribution in [0.2, 0.25) is 0 Å². The highest BCUT2D eigenvalue weighted by molar-refractivity contribution is 7.17. The lowest BCUT2D eigenvalue weighted by Gasteiger charge is -2.35. The smallest absolute Gasteiger partial charge is 0.338 e. The zero-order valence-corrected chi connectivity index (χ0v) is 19.6. The molecule has 4 heterocycles. The number of rotatable bonds is 4. The Morgan fingerprint density at radius 2 is 1.94 bits per heavy atom. The number of pyridine rings is 1. The summed E-state index contributed by atoms with van der Waals surface area (Å²) in [6, 6.07) is 10.5. The lowest BCUT2D eigenvalue weighted by molar-refractivity contribution is -0.138. The molecule has 6 nitrogen and oxygen atoms in total. The van der Waals surface area contributed by atoms with E-state index < -0.39 is 11.7 Å². The summed E-state index contributed by atoms with van der Waals surface area (Å²) in [7, 11) is 0. The van der Waals surface area contributed by atoms with Crippen LogP contribution < -0.4 is 4.90 Å². The number of aromatic nitrogens is 1. The average molecular weight is 501 g/mol. The molecule has 2 aromatic heterocycles. The van der Waals surface area contributed by atoms with E-state index >= 15 is 0 Å². The largest absolute Gasteiger partial charge is 0.417 e. The Morgan fingerprint density at radius 3 is 2.63 bits per heavy atom. The minimum atomic E-state index is -4.48. The van der Waals surface area contributed by atoms with Gasteiger partial charge in [-0.25, -0.2) is 4.98 Å². The number of alkyl halides is 3. The molecular weight excluding hydrogens is 477 g/mol. The predicted molar refractivity (Wildman–Crippen MR) is 129 cm³/mol. The number of benzene rings is 1. The first-order chi connectivity index (χ1) is 16.8. The highest BCUT2D eigenvalue weighted by Gasteiger charge is 2.32. The van der Waals surface area contributed by atoms with Crippen LogP contribution >= 0.6 is 11.3 Å². The van der Waals surface area contributed by atoms with Crippen LogP contribution in [0.25, 0.3) is 15.7 Å². The van der Waals surface area contributed by atoms with Crippen molar-refractivity contribution in [2.75, 3.05) is 44.2 Å². The first-order valence-corrected chi connectivity index (χ1v) is 12.2. The van der Waals surface area contributed by atoms with Gasteiger partial charge in [-0.15, -0.1) is 11.3 Å². The molecule has 1 fully saturated rings. The van der Waals surface area contributed by atoms with E-state index in [2.05, 4.69) is 40.7 Å². The Labute approximate surface area is 204 Å². The third-order valence-corrected chi connectivity index (χ3v) is 7.36. The number of hydrogen-bond donors (Lipinski definition) is 0. The summed E-state index contributed by atoms with van der Waals surface area (Å²) in [6.45, 7) is 2.00. The Kier molecular flexibility index (Phi) is 6.33. The fourth-order valence-corrected chi connectivity index (χ4v) is 5.44. The van der Waals surface area contributed by atoms with Crippen LogP contribution in [0.15, 0.2) is 54.1 Å². The van der Waals surface area contributed by atoms with E-state index in [4.69, 9.17) is 0 Å². The van der Waals surface area contributed by atoms with E-state index in [0.717, 1.165) is 18.7 Å². The summed E-state index contributed by atoms with van der Waals surface area (Å²) in [5, 5.41) is 3.31. The second kappa shape index (κ2) is 9.43. The van der Waals surface area contributed by atoms with E-state index in [-0.39, 0.29) is 37.3 Å². The summed E-state index contributed by atoms with van der Waals surface area (Å²) >= 11 is 1.72. The van der Waals surface area contributed by atoms with Gasteiger partial charge in [-0.2, -0.15) is 13.2 Å². The Bertz CT molecular complexity index is 1290. The summed E-state index contributed by atoms with van der Waals surface area (Å²) in [4.78, 5) is 34.2. The molecule has 0 unspecified atom stereocenters.